The Morgan fingerprint density at radius 1 is 1.40 bits per heavy atom. The molecule has 1 rings (SSSR count). The number of rotatable bonds is 2. The molecule has 10 heavy (non-hydrogen) atoms. The van der Waals surface area contributed by atoms with Crippen LogP contribution in [-0.4, -0.2) is 29.1 Å². The summed E-state index contributed by atoms with van der Waals surface area (Å²) in [4.78, 5) is 2.52. The van der Waals surface area contributed by atoms with Crippen LogP contribution in [-0.2, 0) is 0 Å². The Morgan fingerprint density at radius 2 is 2.10 bits per heavy atom. The van der Waals surface area contributed by atoms with Crippen molar-refractivity contribution in [3.63, 3.8) is 0 Å². The minimum Gasteiger partial charge on any atom is -0.291 e. The molecule has 0 spiro atoms. The number of hydrogen-bond acceptors (Lipinski definition) is 2. The quantitative estimate of drug-likeness (QED) is 0.607. The molecule has 2 heteroatoms. The molecule has 0 amide bonds. The molecule has 0 aliphatic carbocycles. The second kappa shape index (κ2) is 3.63. The zero-order chi connectivity index (χ0) is 7.56. The molecule has 0 radical (unpaired) electrons. The zero-order valence-electron chi connectivity index (χ0n) is 7.13. The molecule has 2 atom stereocenters. The fourth-order valence-corrected chi connectivity index (χ4v) is 3.06. The lowest BCUT2D eigenvalue weighted by molar-refractivity contribution is 0.254. The van der Waals surface area contributed by atoms with Gasteiger partial charge in [0, 0.05) is 11.8 Å². The second-order valence-electron chi connectivity index (χ2n) is 2.92. The third-order valence-electron chi connectivity index (χ3n) is 2.33. The van der Waals surface area contributed by atoms with E-state index in [-0.39, 0.29) is 0 Å². The monoisotopic (exact) mass is 159 g/mol. The number of thioether (sulfide) groups is 1. The van der Waals surface area contributed by atoms with Crippen LogP contribution in [0.15, 0.2) is 0 Å². The summed E-state index contributed by atoms with van der Waals surface area (Å²) < 4.78 is 0. The van der Waals surface area contributed by atoms with Gasteiger partial charge in [0.05, 0.1) is 5.37 Å². The molecule has 60 valence electrons. The predicted octanol–water partition coefficient (Wildman–Crippen LogP) is 2.18. The van der Waals surface area contributed by atoms with E-state index in [1.807, 2.05) is 0 Å². The average molecular weight is 159 g/mol. The molecule has 2 unspecified atom stereocenters. The van der Waals surface area contributed by atoms with Crippen molar-refractivity contribution in [3.05, 3.63) is 0 Å². The number of hydrogen-bond donors (Lipinski definition) is 0. The Morgan fingerprint density at radius 3 is 2.40 bits per heavy atom. The van der Waals surface area contributed by atoms with Gasteiger partial charge in [-0.3, -0.25) is 4.90 Å². The van der Waals surface area contributed by atoms with Crippen LogP contribution in [0.2, 0.25) is 0 Å². The van der Waals surface area contributed by atoms with Gasteiger partial charge in [0.25, 0.3) is 0 Å². The van der Waals surface area contributed by atoms with Crippen LogP contribution in [0.25, 0.3) is 0 Å². The van der Waals surface area contributed by atoms with Crippen molar-refractivity contribution >= 4 is 11.8 Å². The van der Waals surface area contributed by atoms with Crippen LogP contribution in [0.4, 0.5) is 0 Å². The van der Waals surface area contributed by atoms with E-state index in [9.17, 15) is 0 Å². The summed E-state index contributed by atoms with van der Waals surface area (Å²) in [6.45, 7) is 4.55. The van der Waals surface area contributed by atoms with Crippen LogP contribution in [0, 0.1) is 0 Å². The molecule has 1 fully saturated rings. The highest BCUT2D eigenvalue weighted by molar-refractivity contribution is 8.00. The molecule has 1 aliphatic heterocycles. The maximum atomic E-state index is 2.52. The van der Waals surface area contributed by atoms with Crippen molar-refractivity contribution in [2.24, 2.45) is 0 Å². The smallest absolute Gasteiger partial charge is 0.0555 e. The molecular weight excluding hydrogens is 142 g/mol. The molecule has 0 saturated carbocycles. The largest absolute Gasteiger partial charge is 0.291 e. The van der Waals surface area contributed by atoms with Gasteiger partial charge in [0.15, 0.2) is 0 Å². The van der Waals surface area contributed by atoms with Gasteiger partial charge in [-0.25, -0.2) is 0 Å². The first-order valence-corrected chi connectivity index (χ1v) is 5.18. The number of nitrogens with zero attached hydrogens (tertiary/aromatic N) is 1. The molecular formula is C8H17NS. The molecule has 1 heterocycles. The van der Waals surface area contributed by atoms with Gasteiger partial charge in [-0.2, -0.15) is 0 Å². The summed E-state index contributed by atoms with van der Waals surface area (Å²) in [6.07, 6.45) is 2.59. The Labute approximate surface area is 68.2 Å². The highest BCUT2D eigenvalue weighted by atomic mass is 32.2. The van der Waals surface area contributed by atoms with E-state index in [1.54, 1.807) is 0 Å². The lowest BCUT2D eigenvalue weighted by atomic mass is 10.2. The maximum Gasteiger partial charge on any atom is 0.0555 e. The van der Waals surface area contributed by atoms with E-state index in [0.29, 0.717) is 0 Å². The first kappa shape index (κ1) is 8.41. The summed E-state index contributed by atoms with van der Waals surface area (Å²) in [6, 6.07) is 0.843. The Balaban J connectivity index is 2.41. The van der Waals surface area contributed by atoms with E-state index >= 15 is 0 Å². The summed E-state index contributed by atoms with van der Waals surface area (Å²) in [5.74, 6) is 1.34. The van der Waals surface area contributed by atoms with E-state index in [1.165, 1.54) is 18.6 Å². The van der Waals surface area contributed by atoms with Gasteiger partial charge in [-0.15, -0.1) is 11.8 Å². The van der Waals surface area contributed by atoms with Crippen LogP contribution in [0.3, 0.4) is 0 Å². The first-order valence-electron chi connectivity index (χ1n) is 4.13. The summed E-state index contributed by atoms with van der Waals surface area (Å²) in [7, 11) is 2.25. The fraction of sp³-hybridized carbons (Fsp3) is 1.00. The van der Waals surface area contributed by atoms with Gasteiger partial charge >= 0.3 is 0 Å². The third-order valence-corrected chi connectivity index (χ3v) is 3.96. The van der Waals surface area contributed by atoms with Crippen molar-refractivity contribution in [3.8, 4) is 0 Å². The lowest BCUT2D eigenvalue weighted by Gasteiger charge is -2.22. The van der Waals surface area contributed by atoms with Crippen molar-refractivity contribution in [2.75, 3.05) is 12.8 Å². The van der Waals surface area contributed by atoms with E-state index < -0.39 is 0 Å². The molecule has 0 aromatic rings. The SMILES string of the molecule is CCC1CSC(CC)N1C. The van der Waals surface area contributed by atoms with E-state index in [2.05, 4.69) is 37.6 Å². The zero-order valence-corrected chi connectivity index (χ0v) is 7.95. The minimum absolute atomic E-state index is 0.796. The summed E-state index contributed by atoms with van der Waals surface area (Å²) in [5.41, 5.74) is 0. The second-order valence-corrected chi connectivity index (χ2v) is 4.13. The Bertz CT molecular complexity index is 93.4. The van der Waals surface area contributed by atoms with Crippen molar-refractivity contribution in [1.82, 2.24) is 4.90 Å². The van der Waals surface area contributed by atoms with Gasteiger partial charge < -0.3 is 0 Å². The first-order chi connectivity index (χ1) is 4.79. The van der Waals surface area contributed by atoms with E-state index in [4.69, 9.17) is 0 Å². The van der Waals surface area contributed by atoms with Crippen LogP contribution >= 0.6 is 11.8 Å². The fourth-order valence-electron chi connectivity index (χ4n) is 1.50. The molecule has 0 bridgehead atoms. The normalized spacial score (nSPS) is 35.1. The minimum atomic E-state index is 0.796. The summed E-state index contributed by atoms with van der Waals surface area (Å²) in [5, 5.41) is 0.796. The average Bonchev–Trinajstić information content (AvgIpc) is 2.30. The van der Waals surface area contributed by atoms with Gasteiger partial charge in [0.2, 0.25) is 0 Å². The Hall–Kier alpha value is 0.310. The topological polar surface area (TPSA) is 3.24 Å². The molecule has 0 aromatic heterocycles. The van der Waals surface area contributed by atoms with Crippen LogP contribution < -0.4 is 0 Å². The standard InChI is InChI=1S/C8H17NS/c1-4-7-6-10-8(5-2)9(7)3/h7-8H,4-6H2,1-3H3. The van der Waals surface area contributed by atoms with Gasteiger partial charge in [-0.1, -0.05) is 13.8 Å². The van der Waals surface area contributed by atoms with Gasteiger partial charge in [0.1, 0.15) is 0 Å². The third kappa shape index (κ3) is 1.48. The highest BCUT2D eigenvalue weighted by Gasteiger charge is 2.27. The van der Waals surface area contributed by atoms with E-state index in [0.717, 1.165) is 11.4 Å². The van der Waals surface area contributed by atoms with Crippen LogP contribution in [0.5, 0.6) is 0 Å². The molecule has 0 aromatic carbocycles. The molecule has 1 nitrogen and oxygen atoms in total. The molecule has 0 N–H and O–H groups in total. The molecule has 1 aliphatic rings. The highest BCUT2D eigenvalue weighted by Crippen LogP contribution is 2.30. The maximum absolute atomic E-state index is 2.52. The van der Waals surface area contributed by atoms with Crippen molar-refractivity contribution in [2.45, 2.75) is 38.1 Å². The van der Waals surface area contributed by atoms with Crippen molar-refractivity contribution in [1.29, 1.82) is 0 Å². The predicted molar refractivity (Wildman–Crippen MR) is 48.4 cm³/mol. The van der Waals surface area contributed by atoms with Crippen molar-refractivity contribution < 1.29 is 0 Å². The van der Waals surface area contributed by atoms with Crippen LogP contribution in [0.1, 0.15) is 26.7 Å². The lowest BCUT2D eigenvalue weighted by Crippen LogP contribution is -2.31. The van der Waals surface area contributed by atoms with Gasteiger partial charge in [-0.05, 0) is 19.9 Å². The molecule has 1 saturated heterocycles. The Kier molecular flexibility index (Phi) is 3.05. The summed E-state index contributed by atoms with van der Waals surface area (Å²) >= 11 is 2.11.